The summed E-state index contributed by atoms with van der Waals surface area (Å²) in [5, 5.41) is 9.95. The standard InChI is InChI=1S/C23H18Cl2N4O2/c1-15-18(10-11-31-15)23(30)27-26-12-17-13-29(14-19-20(24)8-5-9-21(19)25)28-22(17)16-6-3-2-4-7-16/h2-13H,14H2,1H3,(H,27,30)/b26-12+. The van der Waals surface area contributed by atoms with Crippen LogP contribution >= 0.6 is 23.2 Å². The molecule has 0 aliphatic rings. The van der Waals surface area contributed by atoms with Crippen molar-refractivity contribution in [2.75, 3.05) is 0 Å². The van der Waals surface area contributed by atoms with Crippen molar-refractivity contribution in [3.63, 3.8) is 0 Å². The molecular formula is C23H18Cl2N4O2. The van der Waals surface area contributed by atoms with E-state index in [0.717, 1.165) is 22.4 Å². The van der Waals surface area contributed by atoms with Crippen molar-refractivity contribution in [1.82, 2.24) is 15.2 Å². The zero-order chi connectivity index (χ0) is 21.8. The average Bonchev–Trinajstić information content (AvgIpc) is 3.37. The highest BCUT2D eigenvalue weighted by atomic mass is 35.5. The highest BCUT2D eigenvalue weighted by molar-refractivity contribution is 6.36. The van der Waals surface area contributed by atoms with Crippen LogP contribution < -0.4 is 5.43 Å². The SMILES string of the molecule is Cc1occc1C(=O)N/N=C/c1cn(Cc2c(Cl)cccc2Cl)nc1-c1ccccc1. The van der Waals surface area contributed by atoms with Crippen molar-refractivity contribution in [2.45, 2.75) is 13.5 Å². The lowest BCUT2D eigenvalue weighted by molar-refractivity contribution is 0.0953. The highest BCUT2D eigenvalue weighted by Crippen LogP contribution is 2.26. The quantitative estimate of drug-likeness (QED) is 0.307. The predicted molar refractivity (Wildman–Crippen MR) is 122 cm³/mol. The Kier molecular flexibility index (Phi) is 6.21. The van der Waals surface area contributed by atoms with E-state index in [-0.39, 0.29) is 5.91 Å². The number of halogens is 2. The molecule has 1 N–H and O–H groups in total. The van der Waals surface area contributed by atoms with Crippen LogP contribution in [0.1, 0.15) is 27.2 Å². The van der Waals surface area contributed by atoms with Crippen molar-refractivity contribution in [3.05, 3.63) is 99.6 Å². The Morgan fingerprint density at radius 2 is 1.87 bits per heavy atom. The molecule has 0 aliphatic carbocycles. The summed E-state index contributed by atoms with van der Waals surface area (Å²) in [5.41, 5.74) is 6.11. The summed E-state index contributed by atoms with van der Waals surface area (Å²) >= 11 is 12.6. The number of nitrogens with zero attached hydrogens (tertiary/aromatic N) is 3. The minimum absolute atomic E-state index is 0.348. The lowest BCUT2D eigenvalue weighted by Gasteiger charge is -2.06. The van der Waals surface area contributed by atoms with Crippen LogP contribution in [0.4, 0.5) is 0 Å². The second-order valence-corrected chi connectivity index (χ2v) is 7.60. The van der Waals surface area contributed by atoms with Gasteiger partial charge in [-0.1, -0.05) is 59.6 Å². The summed E-state index contributed by atoms with van der Waals surface area (Å²) in [6.07, 6.45) is 4.86. The van der Waals surface area contributed by atoms with Gasteiger partial charge < -0.3 is 4.42 Å². The fourth-order valence-corrected chi connectivity index (χ4v) is 3.64. The summed E-state index contributed by atoms with van der Waals surface area (Å²) in [6.45, 7) is 2.11. The first kappa shape index (κ1) is 20.9. The van der Waals surface area contributed by atoms with Crippen molar-refractivity contribution < 1.29 is 9.21 Å². The number of hydrogen-bond acceptors (Lipinski definition) is 4. The molecule has 8 heteroatoms. The first-order chi connectivity index (χ1) is 15.0. The smallest absolute Gasteiger partial charge is 0.274 e. The van der Waals surface area contributed by atoms with Crippen molar-refractivity contribution in [2.24, 2.45) is 5.10 Å². The van der Waals surface area contributed by atoms with E-state index in [1.165, 1.54) is 6.26 Å². The molecule has 31 heavy (non-hydrogen) atoms. The minimum Gasteiger partial charge on any atom is -0.469 e. The topological polar surface area (TPSA) is 72.4 Å². The van der Waals surface area contributed by atoms with E-state index in [9.17, 15) is 4.79 Å². The number of rotatable bonds is 6. The van der Waals surface area contributed by atoms with Crippen molar-refractivity contribution >= 4 is 35.3 Å². The number of hydrazone groups is 1. The Labute approximate surface area is 189 Å². The maximum atomic E-state index is 12.3. The monoisotopic (exact) mass is 452 g/mol. The van der Waals surface area contributed by atoms with Gasteiger partial charge in [0.15, 0.2) is 0 Å². The maximum absolute atomic E-state index is 12.3. The summed E-state index contributed by atoms with van der Waals surface area (Å²) in [7, 11) is 0. The lowest BCUT2D eigenvalue weighted by Crippen LogP contribution is -2.17. The summed E-state index contributed by atoms with van der Waals surface area (Å²) in [6, 6.07) is 16.7. The van der Waals surface area contributed by atoms with Crippen LogP contribution in [0.5, 0.6) is 0 Å². The number of carbonyl (C=O) groups excluding carboxylic acids is 1. The van der Waals surface area contributed by atoms with Gasteiger partial charge in [-0.15, -0.1) is 0 Å². The van der Waals surface area contributed by atoms with Gasteiger partial charge in [-0.05, 0) is 25.1 Å². The molecule has 4 aromatic rings. The largest absolute Gasteiger partial charge is 0.469 e. The van der Waals surface area contributed by atoms with Crippen LogP contribution in [0.25, 0.3) is 11.3 Å². The number of benzene rings is 2. The molecule has 0 aliphatic heterocycles. The van der Waals surface area contributed by atoms with E-state index >= 15 is 0 Å². The van der Waals surface area contributed by atoms with Gasteiger partial charge in [-0.25, -0.2) is 5.43 Å². The summed E-state index contributed by atoms with van der Waals surface area (Å²) < 4.78 is 6.91. The van der Waals surface area contributed by atoms with E-state index < -0.39 is 0 Å². The number of furan rings is 1. The number of hydrogen-bond donors (Lipinski definition) is 1. The fourth-order valence-electron chi connectivity index (χ4n) is 3.12. The molecule has 0 spiro atoms. The Morgan fingerprint density at radius 3 is 2.55 bits per heavy atom. The Morgan fingerprint density at radius 1 is 1.13 bits per heavy atom. The molecule has 0 fully saturated rings. The third-order valence-electron chi connectivity index (χ3n) is 4.69. The highest BCUT2D eigenvalue weighted by Gasteiger charge is 2.14. The zero-order valence-electron chi connectivity index (χ0n) is 16.5. The Bertz CT molecular complexity index is 1230. The van der Waals surface area contributed by atoms with E-state index in [1.54, 1.807) is 42.1 Å². The van der Waals surface area contributed by atoms with Gasteiger partial charge in [-0.3, -0.25) is 9.48 Å². The first-order valence-electron chi connectivity index (χ1n) is 9.46. The molecule has 156 valence electrons. The van der Waals surface area contributed by atoms with E-state index in [4.69, 9.17) is 32.7 Å². The molecule has 0 atom stereocenters. The van der Waals surface area contributed by atoms with Crippen LogP contribution in [0, 0.1) is 6.92 Å². The molecular weight excluding hydrogens is 435 g/mol. The van der Waals surface area contributed by atoms with Gasteiger partial charge >= 0.3 is 0 Å². The number of nitrogens with one attached hydrogen (secondary N) is 1. The maximum Gasteiger partial charge on any atom is 0.274 e. The fraction of sp³-hybridized carbons (Fsp3) is 0.0870. The van der Waals surface area contributed by atoms with Crippen LogP contribution in [-0.4, -0.2) is 21.9 Å². The van der Waals surface area contributed by atoms with E-state index in [2.05, 4.69) is 10.5 Å². The summed E-state index contributed by atoms with van der Waals surface area (Å²) in [4.78, 5) is 12.3. The van der Waals surface area contributed by atoms with Gasteiger partial charge in [0.25, 0.3) is 5.91 Å². The molecule has 2 heterocycles. The number of aryl methyl sites for hydroxylation is 1. The molecule has 0 saturated heterocycles. The van der Waals surface area contributed by atoms with Crippen LogP contribution in [0.3, 0.4) is 0 Å². The van der Waals surface area contributed by atoms with Crippen LogP contribution in [0.2, 0.25) is 10.0 Å². The molecule has 0 bridgehead atoms. The van der Waals surface area contributed by atoms with Gasteiger partial charge in [0.05, 0.1) is 24.6 Å². The zero-order valence-corrected chi connectivity index (χ0v) is 18.1. The number of carbonyl (C=O) groups is 1. The first-order valence-corrected chi connectivity index (χ1v) is 10.2. The Hall–Kier alpha value is -3.35. The third kappa shape index (κ3) is 4.71. The van der Waals surface area contributed by atoms with Crippen LogP contribution in [-0.2, 0) is 6.54 Å². The van der Waals surface area contributed by atoms with Crippen molar-refractivity contribution in [1.29, 1.82) is 0 Å². The number of aromatic nitrogens is 2. The summed E-state index contributed by atoms with van der Waals surface area (Å²) in [5.74, 6) is 0.182. The molecule has 0 unspecified atom stereocenters. The van der Waals surface area contributed by atoms with E-state index in [0.29, 0.717) is 27.9 Å². The van der Waals surface area contributed by atoms with Gasteiger partial charge in [0, 0.05) is 32.9 Å². The average molecular weight is 453 g/mol. The second kappa shape index (κ2) is 9.20. The predicted octanol–water partition coefficient (Wildman–Crippen LogP) is 5.57. The van der Waals surface area contributed by atoms with Crippen molar-refractivity contribution in [3.8, 4) is 11.3 Å². The van der Waals surface area contributed by atoms with Gasteiger partial charge in [-0.2, -0.15) is 10.2 Å². The Balaban J connectivity index is 1.63. The third-order valence-corrected chi connectivity index (χ3v) is 5.40. The minimum atomic E-state index is -0.348. The number of amides is 1. The molecule has 2 aromatic carbocycles. The van der Waals surface area contributed by atoms with Gasteiger partial charge in [0.2, 0.25) is 0 Å². The molecule has 0 saturated carbocycles. The van der Waals surface area contributed by atoms with Crippen LogP contribution in [0.15, 0.2) is 76.6 Å². The second-order valence-electron chi connectivity index (χ2n) is 6.79. The molecule has 2 aromatic heterocycles. The molecule has 6 nitrogen and oxygen atoms in total. The van der Waals surface area contributed by atoms with E-state index in [1.807, 2.05) is 36.5 Å². The molecule has 0 radical (unpaired) electrons. The molecule has 4 rings (SSSR count). The normalized spacial score (nSPS) is 11.2. The van der Waals surface area contributed by atoms with Gasteiger partial charge in [0.1, 0.15) is 11.5 Å². The lowest BCUT2D eigenvalue weighted by atomic mass is 10.1. The molecule has 1 amide bonds.